The van der Waals surface area contributed by atoms with E-state index in [1.165, 1.54) is 0 Å². The summed E-state index contributed by atoms with van der Waals surface area (Å²) >= 11 is 0. The number of anilines is 2. The van der Waals surface area contributed by atoms with Crippen LogP contribution in [0.1, 0.15) is 10.5 Å². The first-order valence-corrected chi connectivity index (χ1v) is 9.44. The van der Waals surface area contributed by atoms with Gasteiger partial charge in [0.25, 0.3) is 5.91 Å². The number of nitrogens with one attached hydrogen (secondary N) is 1. The number of carbonyl (C=O) groups is 2. The van der Waals surface area contributed by atoms with Gasteiger partial charge in [0.1, 0.15) is 5.69 Å². The highest BCUT2D eigenvalue weighted by atomic mass is 16.5. The van der Waals surface area contributed by atoms with Gasteiger partial charge in [-0.3, -0.25) is 4.79 Å². The Morgan fingerprint density at radius 3 is 2.55 bits per heavy atom. The molecule has 1 fully saturated rings. The Labute approximate surface area is 168 Å². The summed E-state index contributed by atoms with van der Waals surface area (Å²) in [6, 6.07) is 18.4. The van der Waals surface area contributed by atoms with E-state index in [0.29, 0.717) is 11.2 Å². The van der Waals surface area contributed by atoms with Gasteiger partial charge in [-0.05, 0) is 36.4 Å². The van der Waals surface area contributed by atoms with Crippen molar-refractivity contribution in [1.29, 1.82) is 0 Å². The minimum atomic E-state index is -0.631. The Morgan fingerprint density at radius 2 is 1.76 bits per heavy atom. The van der Waals surface area contributed by atoms with Crippen molar-refractivity contribution in [2.24, 2.45) is 0 Å². The molecule has 1 N–H and O–H groups in total. The fourth-order valence-electron chi connectivity index (χ4n) is 3.16. The van der Waals surface area contributed by atoms with Crippen LogP contribution >= 0.6 is 0 Å². The average Bonchev–Trinajstić information content (AvgIpc) is 2.78. The molecule has 0 atom stereocenters. The van der Waals surface area contributed by atoms with E-state index in [1.807, 2.05) is 48.5 Å². The summed E-state index contributed by atoms with van der Waals surface area (Å²) in [4.78, 5) is 30.8. The maximum Gasteiger partial charge on any atom is 0.357 e. The fraction of sp³-hybridized carbons (Fsp3) is 0.227. The van der Waals surface area contributed by atoms with Gasteiger partial charge in [0.2, 0.25) is 0 Å². The molecular formula is C22H21N3O4. The van der Waals surface area contributed by atoms with E-state index < -0.39 is 11.9 Å². The third-order valence-corrected chi connectivity index (χ3v) is 4.67. The Bertz CT molecular complexity index is 1010. The van der Waals surface area contributed by atoms with Gasteiger partial charge in [-0.15, -0.1) is 0 Å². The van der Waals surface area contributed by atoms with Crippen LogP contribution < -0.4 is 10.2 Å². The number of benzene rings is 2. The molecule has 3 aromatic rings. The second kappa shape index (κ2) is 8.70. The molecule has 2 heterocycles. The first-order chi connectivity index (χ1) is 14.2. The van der Waals surface area contributed by atoms with Crippen LogP contribution in [0.5, 0.6) is 0 Å². The van der Waals surface area contributed by atoms with E-state index in [4.69, 9.17) is 9.47 Å². The molecule has 0 radical (unpaired) electrons. The minimum absolute atomic E-state index is 0.173. The van der Waals surface area contributed by atoms with Gasteiger partial charge in [-0.2, -0.15) is 0 Å². The molecule has 0 spiro atoms. The van der Waals surface area contributed by atoms with Crippen molar-refractivity contribution in [3.8, 4) is 0 Å². The lowest BCUT2D eigenvalue weighted by molar-refractivity contribution is -0.119. The zero-order chi connectivity index (χ0) is 20.1. The first-order valence-electron chi connectivity index (χ1n) is 9.44. The number of morpholine rings is 1. The van der Waals surface area contributed by atoms with Crippen molar-refractivity contribution in [3.63, 3.8) is 0 Å². The molecular weight excluding hydrogens is 370 g/mol. The lowest BCUT2D eigenvalue weighted by atomic mass is 10.2. The van der Waals surface area contributed by atoms with Crippen LogP contribution in [0, 0.1) is 0 Å². The van der Waals surface area contributed by atoms with Gasteiger partial charge >= 0.3 is 5.97 Å². The third kappa shape index (κ3) is 4.70. The molecule has 29 heavy (non-hydrogen) atoms. The summed E-state index contributed by atoms with van der Waals surface area (Å²) in [6.07, 6.45) is 0. The molecule has 0 unspecified atom stereocenters. The number of rotatable bonds is 5. The number of aromatic nitrogens is 1. The molecule has 1 aliphatic heterocycles. The summed E-state index contributed by atoms with van der Waals surface area (Å²) in [5, 5.41) is 3.66. The van der Waals surface area contributed by atoms with E-state index in [2.05, 4.69) is 15.2 Å². The number of amides is 1. The van der Waals surface area contributed by atoms with Gasteiger partial charge in [0, 0.05) is 29.9 Å². The Kier molecular flexibility index (Phi) is 5.67. The molecule has 0 aliphatic carbocycles. The first kappa shape index (κ1) is 18.9. The maximum absolute atomic E-state index is 12.2. The number of esters is 1. The monoisotopic (exact) mass is 391 g/mol. The van der Waals surface area contributed by atoms with Gasteiger partial charge in [-0.25, -0.2) is 9.78 Å². The molecule has 7 heteroatoms. The van der Waals surface area contributed by atoms with Crippen LogP contribution in [0.2, 0.25) is 0 Å². The molecule has 1 aliphatic rings. The molecule has 7 nitrogen and oxygen atoms in total. The summed E-state index contributed by atoms with van der Waals surface area (Å²) in [5.74, 6) is -1.04. The van der Waals surface area contributed by atoms with Crippen LogP contribution in [0.3, 0.4) is 0 Å². The van der Waals surface area contributed by atoms with Crippen molar-refractivity contribution in [2.45, 2.75) is 0 Å². The summed E-state index contributed by atoms with van der Waals surface area (Å²) < 4.78 is 10.4. The zero-order valence-corrected chi connectivity index (χ0v) is 15.8. The Morgan fingerprint density at radius 1 is 1.00 bits per heavy atom. The lowest BCUT2D eigenvalue weighted by Gasteiger charge is -2.28. The number of hydrogen-bond acceptors (Lipinski definition) is 6. The second-order valence-electron chi connectivity index (χ2n) is 6.66. The van der Waals surface area contributed by atoms with Crippen molar-refractivity contribution < 1.29 is 19.1 Å². The van der Waals surface area contributed by atoms with Crippen molar-refractivity contribution >= 4 is 34.2 Å². The largest absolute Gasteiger partial charge is 0.451 e. The minimum Gasteiger partial charge on any atom is -0.451 e. The Hall–Kier alpha value is -3.45. The van der Waals surface area contributed by atoms with Crippen LogP contribution in [0.15, 0.2) is 60.7 Å². The molecule has 4 rings (SSSR count). The highest BCUT2D eigenvalue weighted by Crippen LogP contribution is 2.19. The fourth-order valence-corrected chi connectivity index (χ4v) is 3.16. The van der Waals surface area contributed by atoms with Crippen molar-refractivity contribution in [3.05, 3.63) is 66.4 Å². The molecule has 1 saturated heterocycles. The van der Waals surface area contributed by atoms with Crippen LogP contribution in [-0.4, -0.2) is 49.8 Å². The van der Waals surface area contributed by atoms with E-state index in [0.717, 1.165) is 37.4 Å². The average molecular weight is 391 g/mol. The van der Waals surface area contributed by atoms with Crippen LogP contribution in [0.4, 0.5) is 11.4 Å². The predicted octanol–water partition coefficient (Wildman–Crippen LogP) is 2.87. The van der Waals surface area contributed by atoms with E-state index in [9.17, 15) is 9.59 Å². The highest BCUT2D eigenvalue weighted by molar-refractivity contribution is 5.95. The number of hydrogen-bond donors (Lipinski definition) is 1. The zero-order valence-electron chi connectivity index (χ0n) is 15.8. The summed E-state index contributed by atoms with van der Waals surface area (Å²) in [6.45, 7) is 2.76. The number of ether oxygens (including phenoxy) is 2. The molecule has 0 saturated carbocycles. The number of pyridine rings is 1. The smallest absolute Gasteiger partial charge is 0.357 e. The standard InChI is InChI=1S/C22H21N3O4/c26-21(23-17-6-8-18(9-7-17)25-11-13-28-14-12-25)15-29-22(27)20-10-5-16-3-1-2-4-19(16)24-20/h1-10H,11-15H2,(H,23,26). The molecule has 1 aromatic heterocycles. The van der Waals surface area contributed by atoms with Gasteiger partial charge in [0.05, 0.1) is 18.7 Å². The number of nitrogens with zero attached hydrogens (tertiary/aromatic N) is 2. The van der Waals surface area contributed by atoms with E-state index in [1.54, 1.807) is 12.1 Å². The second-order valence-corrected chi connectivity index (χ2v) is 6.66. The van der Waals surface area contributed by atoms with Crippen molar-refractivity contribution in [1.82, 2.24) is 4.98 Å². The number of carbonyl (C=O) groups excluding carboxylic acids is 2. The van der Waals surface area contributed by atoms with Crippen LogP contribution in [0.25, 0.3) is 10.9 Å². The van der Waals surface area contributed by atoms with E-state index >= 15 is 0 Å². The lowest BCUT2D eigenvalue weighted by Crippen LogP contribution is -2.36. The predicted molar refractivity (Wildman–Crippen MR) is 110 cm³/mol. The number of fused-ring (bicyclic) bond motifs is 1. The molecule has 2 aromatic carbocycles. The van der Waals surface area contributed by atoms with Gasteiger partial charge in [0.15, 0.2) is 6.61 Å². The summed E-state index contributed by atoms with van der Waals surface area (Å²) in [5.41, 5.74) is 2.60. The normalized spacial score (nSPS) is 13.9. The highest BCUT2D eigenvalue weighted by Gasteiger charge is 2.13. The summed E-state index contributed by atoms with van der Waals surface area (Å²) in [7, 11) is 0. The van der Waals surface area contributed by atoms with E-state index in [-0.39, 0.29) is 12.3 Å². The molecule has 148 valence electrons. The molecule has 1 amide bonds. The SMILES string of the molecule is O=C(COC(=O)c1ccc2ccccc2n1)Nc1ccc(N2CCOCC2)cc1. The molecule has 0 bridgehead atoms. The maximum atomic E-state index is 12.2. The van der Waals surface area contributed by atoms with Crippen LogP contribution in [-0.2, 0) is 14.3 Å². The van der Waals surface area contributed by atoms with Crippen molar-refractivity contribution in [2.75, 3.05) is 43.1 Å². The number of para-hydroxylation sites is 1. The van der Waals surface area contributed by atoms with Gasteiger partial charge in [-0.1, -0.05) is 24.3 Å². The third-order valence-electron chi connectivity index (χ3n) is 4.67. The van der Waals surface area contributed by atoms with Gasteiger partial charge < -0.3 is 19.7 Å². The topological polar surface area (TPSA) is 80.8 Å². The quantitative estimate of drug-likeness (QED) is 0.674. The Balaban J connectivity index is 1.30.